The number of hydrogen-bond acceptors (Lipinski definition) is 7. The van der Waals surface area contributed by atoms with Crippen molar-refractivity contribution in [3.05, 3.63) is 79.6 Å². The van der Waals surface area contributed by atoms with Crippen molar-refractivity contribution in [2.75, 3.05) is 29.0 Å². The summed E-state index contributed by atoms with van der Waals surface area (Å²) < 4.78 is 0. The van der Waals surface area contributed by atoms with Gasteiger partial charge in [0.2, 0.25) is 11.9 Å². The molecule has 1 aliphatic rings. The Morgan fingerprint density at radius 1 is 1.00 bits per heavy atom. The molecule has 2 aromatic heterocycles. The molecule has 176 valence electrons. The fourth-order valence-electron chi connectivity index (χ4n) is 4.15. The van der Waals surface area contributed by atoms with Crippen molar-refractivity contribution in [1.82, 2.24) is 20.3 Å². The molecule has 0 radical (unpaired) electrons. The highest BCUT2D eigenvalue weighted by Gasteiger charge is 2.13. The van der Waals surface area contributed by atoms with Gasteiger partial charge in [-0.15, -0.1) is 0 Å². The van der Waals surface area contributed by atoms with Crippen molar-refractivity contribution >= 4 is 39.8 Å². The lowest BCUT2D eigenvalue weighted by Crippen LogP contribution is -2.35. The Hall–Kier alpha value is -4.30. The molecule has 1 saturated heterocycles. The van der Waals surface area contributed by atoms with E-state index in [0.717, 1.165) is 53.8 Å². The lowest BCUT2D eigenvalue weighted by molar-refractivity contribution is -0.111. The van der Waals surface area contributed by atoms with Crippen LogP contribution in [0.25, 0.3) is 22.2 Å². The third-order valence-corrected chi connectivity index (χ3v) is 5.95. The average molecular weight is 466 g/mol. The summed E-state index contributed by atoms with van der Waals surface area (Å²) in [6.07, 6.45) is 6.95. The zero-order chi connectivity index (χ0) is 24.0. The fourth-order valence-corrected chi connectivity index (χ4v) is 4.15. The van der Waals surface area contributed by atoms with E-state index >= 15 is 0 Å². The van der Waals surface area contributed by atoms with Crippen LogP contribution < -0.4 is 21.3 Å². The number of benzene rings is 2. The van der Waals surface area contributed by atoms with Crippen LogP contribution in [-0.2, 0) is 4.79 Å². The van der Waals surface area contributed by atoms with Gasteiger partial charge in [-0.3, -0.25) is 9.78 Å². The Kier molecular flexibility index (Phi) is 6.63. The maximum absolute atomic E-state index is 11.7. The molecule has 1 aliphatic heterocycles. The van der Waals surface area contributed by atoms with Crippen molar-refractivity contribution in [2.24, 2.45) is 0 Å². The van der Waals surface area contributed by atoms with Gasteiger partial charge in [0.1, 0.15) is 0 Å². The van der Waals surface area contributed by atoms with Crippen LogP contribution in [0, 0.1) is 0 Å². The summed E-state index contributed by atoms with van der Waals surface area (Å²) in [5.74, 6) is 0.228. The molecule has 4 aromatic rings. The number of hydrogen-bond donors (Lipinski definition) is 4. The largest absolute Gasteiger partial charge is 0.382 e. The second kappa shape index (κ2) is 10.3. The van der Waals surface area contributed by atoms with Crippen LogP contribution in [0.3, 0.4) is 0 Å². The summed E-state index contributed by atoms with van der Waals surface area (Å²) in [4.78, 5) is 25.5. The van der Waals surface area contributed by atoms with E-state index in [9.17, 15) is 4.79 Å². The minimum Gasteiger partial charge on any atom is -0.382 e. The number of amides is 1. The number of pyridine rings is 1. The average Bonchev–Trinajstić information content (AvgIpc) is 2.90. The van der Waals surface area contributed by atoms with Crippen LogP contribution in [0.1, 0.15) is 12.8 Å². The molecule has 35 heavy (non-hydrogen) atoms. The maximum atomic E-state index is 11.7. The van der Waals surface area contributed by atoms with Crippen molar-refractivity contribution in [2.45, 2.75) is 18.9 Å². The van der Waals surface area contributed by atoms with Crippen molar-refractivity contribution in [1.29, 1.82) is 0 Å². The van der Waals surface area contributed by atoms with Gasteiger partial charge in [-0.05, 0) is 68.4 Å². The van der Waals surface area contributed by atoms with E-state index in [1.165, 1.54) is 6.08 Å². The number of carbonyl (C=O) groups excluding carboxylic acids is 1. The Morgan fingerprint density at radius 3 is 2.60 bits per heavy atom. The van der Waals surface area contributed by atoms with Gasteiger partial charge in [0.25, 0.3) is 0 Å². The number of rotatable bonds is 7. The van der Waals surface area contributed by atoms with E-state index in [2.05, 4.69) is 49.9 Å². The summed E-state index contributed by atoms with van der Waals surface area (Å²) in [5, 5.41) is 14.0. The Bertz CT molecular complexity index is 1350. The normalized spacial score (nSPS) is 13.8. The monoisotopic (exact) mass is 465 g/mol. The number of nitrogens with one attached hydrogen (secondary N) is 4. The van der Waals surface area contributed by atoms with E-state index in [1.54, 1.807) is 18.5 Å². The van der Waals surface area contributed by atoms with Crippen LogP contribution >= 0.6 is 0 Å². The number of piperidine rings is 1. The lowest BCUT2D eigenvalue weighted by Gasteiger charge is -2.24. The zero-order valence-electron chi connectivity index (χ0n) is 19.3. The molecule has 4 N–H and O–H groups in total. The Balaban J connectivity index is 1.37. The van der Waals surface area contributed by atoms with Gasteiger partial charge >= 0.3 is 0 Å². The smallest absolute Gasteiger partial charge is 0.247 e. The molecule has 0 saturated carbocycles. The number of aromatic nitrogens is 3. The van der Waals surface area contributed by atoms with Gasteiger partial charge in [-0.1, -0.05) is 24.8 Å². The Morgan fingerprint density at radius 2 is 1.80 bits per heavy atom. The second-order valence-corrected chi connectivity index (χ2v) is 8.43. The quantitative estimate of drug-likeness (QED) is 0.293. The molecule has 1 amide bonds. The first-order valence-electron chi connectivity index (χ1n) is 11.7. The standard InChI is InChI=1S/C27H27N7O/c1-2-25(35)32-22-12-15-29-24(16-22)23-5-3-4-18-17-30-27(34-26(18)23)33-20-8-6-19(7-9-20)31-21-10-13-28-14-11-21/h2-9,12,15-17,21,28,31H,1,10-11,13-14H2,(H,29,32,35)(H,30,33,34). The predicted molar refractivity (Wildman–Crippen MR) is 141 cm³/mol. The molecule has 3 heterocycles. The van der Waals surface area contributed by atoms with E-state index in [1.807, 2.05) is 36.4 Å². The molecule has 0 unspecified atom stereocenters. The second-order valence-electron chi connectivity index (χ2n) is 8.43. The van der Waals surface area contributed by atoms with Crippen molar-refractivity contribution in [3.8, 4) is 11.3 Å². The summed E-state index contributed by atoms with van der Waals surface area (Å²) >= 11 is 0. The molecule has 0 bridgehead atoms. The molecule has 0 atom stereocenters. The highest BCUT2D eigenvalue weighted by atomic mass is 16.1. The first kappa shape index (κ1) is 22.5. The number of anilines is 4. The molecule has 0 aliphatic carbocycles. The SMILES string of the molecule is C=CC(=O)Nc1ccnc(-c2cccc3cnc(Nc4ccc(NC5CCNCC5)cc4)nc23)c1. The number of nitrogens with zero attached hydrogens (tertiary/aromatic N) is 3. The van der Waals surface area contributed by atoms with Crippen molar-refractivity contribution < 1.29 is 4.79 Å². The van der Waals surface area contributed by atoms with Gasteiger partial charge in [0.15, 0.2) is 0 Å². The highest BCUT2D eigenvalue weighted by Crippen LogP contribution is 2.28. The zero-order valence-corrected chi connectivity index (χ0v) is 19.3. The summed E-state index contributed by atoms with van der Waals surface area (Å²) in [7, 11) is 0. The van der Waals surface area contributed by atoms with E-state index in [4.69, 9.17) is 4.98 Å². The molecule has 5 rings (SSSR count). The maximum Gasteiger partial charge on any atom is 0.247 e. The number of para-hydroxylation sites is 1. The van der Waals surface area contributed by atoms with Gasteiger partial charge in [0, 0.05) is 46.4 Å². The molecule has 0 spiro atoms. The minimum atomic E-state index is -0.272. The van der Waals surface area contributed by atoms with Crippen LogP contribution in [0.2, 0.25) is 0 Å². The third-order valence-electron chi connectivity index (χ3n) is 5.95. The predicted octanol–water partition coefficient (Wildman–Crippen LogP) is 4.72. The first-order chi connectivity index (χ1) is 17.2. The third kappa shape index (κ3) is 5.44. The molecular weight excluding hydrogens is 438 g/mol. The number of carbonyl (C=O) groups is 1. The molecule has 1 fully saturated rings. The van der Waals surface area contributed by atoms with Crippen LogP contribution in [0.15, 0.2) is 79.6 Å². The topological polar surface area (TPSA) is 104 Å². The van der Waals surface area contributed by atoms with Gasteiger partial charge in [-0.25, -0.2) is 9.97 Å². The van der Waals surface area contributed by atoms with Crippen LogP contribution in [0.5, 0.6) is 0 Å². The van der Waals surface area contributed by atoms with E-state index in [-0.39, 0.29) is 5.91 Å². The molecule has 2 aromatic carbocycles. The first-order valence-corrected chi connectivity index (χ1v) is 11.7. The van der Waals surface area contributed by atoms with Crippen LogP contribution in [-0.4, -0.2) is 40.0 Å². The van der Waals surface area contributed by atoms with E-state index < -0.39 is 0 Å². The summed E-state index contributed by atoms with van der Waals surface area (Å²) in [5.41, 5.74) is 4.99. The summed E-state index contributed by atoms with van der Waals surface area (Å²) in [6, 6.07) is 18.1. The van der Waals surface area contributed by atoms with Crippen molar-refractivity contribution in [3.63, 3.8) is 0 Å². The molecular formula is C27H27N7O. The molecule has 8 heteroatoms. The van der Waals surface area contributed by atoms with Gasteiger partial charge in [0.05, 0.1) is 11.2 Å². The highest BCUT2D eigenvalue weighted by molar-refractivity contribution is 5.99. The fraction of sp³-hybridized carbons (Fsp3) is 0.185. The lowest BCUT2D eigenvalue weighted by atomic mass is 10.1. The van der Waals surface area contributed by atoms with E-state index in [0.29, 0.717) is 23.4 Å². The van der Waals surface area contributed by atoms with Crippen LogP contribution in [0.4, 0.5) is 23.0 Å². The minimum absolute atomic E-state index is 0.272. The number of fused-ring (bicyclic) bond motifs is 1. The van der Waals surface area contributed by atoms with Gasteiger partial charge in [-0.2, -0.15) is 0 Å². The Labute approximate surface area is 203 Å². The summed E-state index contributed by atoms with van der Waals surface area (Å²) in [6.45, 7) is 5.61. The van der Waals surface area contributed by atoms with Gasteiger partial charge < -0.3 is 21.3 Å². The molecule has 8 nitrogen and oxygen atoms in total.